The van der Waals surface area contributed by atoms with Crippen molar-refractivity contribution in [1.29, 1.82) is 5.26 Å². The molecule has 224 valence electrons. The molecule has 0 unspecified atom stereocenters. The SMILES string of the molecule is CCCCn1c2ccc(/C=C(\C#N)C(=O)O)cc2c2cc(-c3sc(-c4ccc(OC)cc4)cc3-c3ccc(OC)cc3)ccc21. The zero-order valence-corrected chi connectivity index (χ0v) is 26.2. The smallest absolute Gasteiger partial charge is 0.346 e. The number of ether oxygens (including phenoxy) is 2. The number of rotatable bonds is 10. The van der Waals surface area contributed by atoms with Crippen molar-refractivity contribution in [2.24, 2.45) is 0 Å². The van der Waals surface area contributed by atoms with Crippen LogP contribution in [0, 0.1) is 11.3 Å². The third-order valence-electron chi connectivity index (χ3n) is 8.06. The highest BCUT2D eigenvalue weighted by Gasteiger charge is 2.18. The zero-order chi connectivity index (χ0) is 31.5. The van der Waals surface area contributed by atoms with Gasteiger partial charge in [0.25, 0.3) is 0 Å². The molecule has 0 aliphatic heterocycles. The van der Waals surface area contributed by atoms with Crippen LogP contribution in [0.1, 0.15) is 25.3 Å². The number of carboxylic acids is 1. The Morgan fingerprint density at radius 2 is 1.44 bits per heavy atom. The van der Waals surface area contributed by atoms with Crippen LogP contribution in [0.15, 0.2) is 96.6 Å². The summed E-state index contributed by atoms with van der Waals surface area (Å²) in [5.41, 5.74) is 7.03. The van der Waals surface area contributed by atoms with Crippen LogP contribution in [0.4, 0.5) is 0 Å². The van der Waals surface area contributed by atoms with Crippen molar-refractivity contribution in [3.8, 4) is 49.6 Å². The molecule has 0 saturated heterocycles. The van der Waals surface area contributed by atoms with E-state index in [2.05, 4.69) is 60.0 Å². The standard InChI is InChI=1S/C38H32N2O4S/c1-4-5-18-40-34-16-6-24(19-28(23-39)38(41)42)20-32(34)33-21-27(11-17-35(33)40)37-31(25-7-12-29(43-2)13-8-25)22-36(45-37)26-9-14-30(44-3)15-10-26/h6-17,19-22H,4-5,18H2,1-3H3,(H,41,42)/b28-19+. The van der Waals surface area contributed by atoms with Crippen molar-refractivity contribution in [3.63, 3.8) is 0 Å². The van der Waals surface area contributed by atoms with Crippen molar-refractivity contribution < 1.29 is 19.4 Å². The normalized spacial score (nSPS) is 11.6. The van der Waals surface area contributed by atoms with E-state index in [1.165, 1.54) is 6.08 Å². The maximum absolute atomic E-state index is 11.5. The zero-order valence-electron chi connectivity index (χ0n) is 25.3. The average Bonchev–Trinajstić information content (AvgIpc) is 3.65. The van der Waals surface area contributed by atoms with Crippen molar-refractivity contribution in [2.75, 3.05) is 14.2 Å². The van der Waals surface area contributed by atoms with Gasteiger partial charge in [-0.3, -0.25) is 0 Å². The monoisotopic (exact) mass is 612 g/mol. The summed E-state index contributed by atoms with van der Waals surface area (Å²) in [7, 11) is 3.34. The summed E-state index contributed by atoms with van der Waals surface area (Å²) in [6.45, 7) is 3.06. The molecule has 0 fully saturated rings. The van der Waals surface area contributed by atoms with E-state index in [0.29, 0.717) is 5.56 Å². The number of aromatic nitrogens is 1. The Kier molecular flexibility index (Phi) is 8.41. The highest BCUT2D eigenvalue weighted by atomic mass is 32.1. The predicted molar refractivity (Wildman–Crippen MR) is 183 cm³/mol. The van der Waals surface area contributed by atoms with Crippen LogP contribution < -0.4 is 9.47 Å². The second-order valence-corrected chi connectivity index (χ2v) is 11.9. The van der Waals surface area contributed by atoms with Gasteiger partial charge in [0.1, 0.15) is 23.1 Å². The molecule has 0 atom stereocenters. The highest BCUT2D eigenvalue weighted by molar-refractivity contribution is 7.19. The van der Waals surface area contributed by atoms with E-state index in [4.69, 9.17) is 9.47 Å². The van der Waals surface area contributed by atoms with Crippen LogP contribution in [-0.2, 0) is 11.3 Å². The Morgan fingerprint density at radius 3 is 2.04 bits per heavy atom. The summed E-state index contributed by atoms with van der Waals surface area (Å²) in [6, 6.07) is 32.8. The lowest BCUT2D eigenvalue weighted by atomic mass is 9.99. The topological polar surface area (TPSA) is 84.5 Å². The molecule has 6 nitrogen and oxygen atoms in total. The lowest BCUT2D eigenvalue weighted by Gasteiger charge is -2.08. The van der Waals surface area contributed by atoms with Gasteiger partial charge < -0.3 is 19.1 Å². The number of carbonyl (C=O) groups is 1. The molecule has 0 spiro atoms. The van der Waals surface area contributed by atoms with Crippen LogP contribution in [0.25, 0.3) is 59.9 Å². The van der Waals surface area contributed by atoms with Gasteiger partial charge in [-0.05, 0) is 101 Å². The fourth-order valence-electron chi connectivity index (χ4n) is 5.71. The molecular formula is C38H32N2O4S. The number of carboxylic acid groups (broad SMARTS) is 1. The first-order chi connectivity index (χ1) is 21.9. The molecule has 4 aromatic carbocycles. The summed E-state index contributed by atoms with van der Waals surface area (Å²) in [4.78, 5) is 13.8. The number of unbranched alkanes of at least 4 members (excludes halogenated alkanes) is 1. The molecular weight excluding hydrogens is 580 g/mol. The quantitative estimate of drug-likeness (QED) is 0.123. The van der Waals surface area contributed by atoms with Gasteiger partial charge in [-0.1, -0.05) is 37.6 Å². The average molecular weight is 613 g/mol. The molecule has 1 N–H and O–H groups in total. The van der Waals surface area contributed by atoms with Crippen molar-refractivity contribution >= 4 is 45.2 Å². The number of nitrogens with zero attached hydrogens (tertiary/aromatic N) is 2. The molecule has 6 aromatic rings. The summed E-state index contributed by atoms with van der Waals surface area (Å²) in [5.74, 6) is 0.386. The molecule has 2 aromatic heterocycles. The Hall–Kier alpha value is -5.32. The maximum atomic E-state index is 11.5. The summed E-state index contributed by atoms with van der Waals surface area (Å²) < 4.78 is 13.2. The van der Waals surface area contributed by atoms with Crippen molar-refractivity contribution in [3.05, 3.63) is 102 Å². The van der Waals surface area contributed by atoms with E-state index >= 15 is 0 Å². The highest BCUT2D eigenvalue weighted by Crippen LogP contribution is 2.45. The Balaban J connectivity index is 1.56. The number of nitriles is 1. The van der Waals surface area contributed by atoms with E-state index in [9.17, 15) is 15.2 Å². The van der Waals surface area contributed by atoms with Gasteiger partial charge in [0, 0.05) is 43.7 Å². The van der Waals surface area contributed by atoms with Gasteiger partial charge in [0.15, 0.2) is 0 Å². The summed E-state index contributed by atoms with van der Waals surface area (Å²) >= 11 is 1.75. The van der Waals surface area contributed by atoms with E-state index < -0.39 is 5.97 Å². The number of fused-ring (bicyclic) bond motifs is 3. The van der Waals surface area contributed by atoms with Crippen LogP contribution in [0.3, 0.4) is 0 Å². The second-order valence-electron chi connectivity index (χ2n) is 10.8. The molecule has 0 radical (unpaired) electrons. The number of aryl methyl sites for hydroxylation is 1. The predicted octanol–water partition coefficient (Wildman–Crippen LogP) is 9.67. The van der Waals surface area contributed by atoms with Crippen molar-refractivity contribution in [1.82, 2.24) is 4.57 Å². The molecule has 6 rings (SSSR count). The number of thiophene rings is 1. The van der Waals surface area contributed by atoms with Crippen LogP contribution in [0.5, 0.6) is 11.5 Å². The van der Waals surface area contributed by atoms with Gasteiger partial charge in [-0.2, -0.15) is 5.26 Å². The first-order valence-electron chi connectivity index (χ1n) is 14.8. The van der Waals surface area contributed by atoms with Crippen LogP contribution in [0.2, 0.25) is 0 Å². The Labute approximate surface area is 266 Å². The van der Waals surface area contributed by atoms with E-state index in [1.54, 1.807) is 31.6 Å². The van der Waals surface area contributed by atoms with Crippen LogP contribution in [-0.4, -0.2) is 29.9 Å². The lowest BCUT2D eigenvalue weighted by Crippen LogP contribution is -1.98. The number of hydrogen-bond donors (Lipinski definition) is 1. The molecule has 0 saturated carbocycles. The molecule has 45 heavy (non-hydrogen) atoms. The number of benzene rings is 4. The minimum atomic E-state index is -1.23. The van der Waals surface area contributed by atoms with Gasteiger partial charge in [0.2, 0.25) is 0 Å². The van der Waals surface area contributed by atoms with E-state index in [-0.39, 0.29) is 5.57 Å². The maximum Gasteiger partial charge on any atom is 0.346 e. The summed E-state index contributed by atoms with van der Waals surface area (Å²) in [6.07, 6.45) is 3.54. The molecule has 7 heteroatoms. The second kappa shape index (κ2) is 12.7. The largest absolute Gasteiger partial charge is 0.497 e. The van der Waals surface area contributed by atoms with Crippen molar-refractivity contribution in [2.45, 2.75) is 26.3 Å². The van der Waals surface area contributed by atoms with Crippen LogP contribution >= 0.6 is 11.3 Å². The Bertz CT molecular complexity index is 2100. The summed E-state index contributed by atoms with van der Waals surface area (Å²) in [5, 5.41) is 20.9. The molecule has 0 aliphatic rings. The fourth-order valence-corrected chi connectivity index (χ4v) is 6.89. The van der Waals surface area contributed by atoms with Gasteiger partial charge in [-0.15, -0.1) is 11.3 Å². The molecule has 0 bridgehead atoms. The number of hydrogen-bond acceptors (Lipinski definition) is 5. The first-order valence-corrected chi connectivity index (χ1v) is 15.6. The van der Waals surface area contributed by atoms with Gasteiger partial charge in [0.05, 0.1) is 14.2 Å². The fraction of sp³-hybridized carbons (Fsp3) is 0.158. The van der Waals surface area contributed by atoms with Gasteiger partial charge in [-0.25, -0.2) is 4.79 Å². The molecule has 2 heterocycles. The number of aliphatic carboxylic acids is 1. The minimum absolute atomic E-state index is 0.293. The van der Waals surface area contributed by atoms with Gasteiger partial charge >= 0.3 is 5.97 Å². The third kappa shape index (κ3) is 5.81. The molecule has 0 amide bonds. The lowest BCUT2D eigenvalue weighted by molar-refractivity contribution is -0.132. The van der Waals surface area contributed by atoms with E-state index in [0.717, 1.165) is 84.7 Å². The molecule has 0 aliphatic carbocycles. The first kappa shape index (κ1) is 29.7. The number of methoxy groups -OCH3 is 2. The Morgan fingerprint density at radius 1 is 0.844 bits per heavy atom. The minimum Gasteiger partial charge on any atom is -0.497 e. The van der Waals surface area contributed by atoms with E-state index in [1.807, 2.05) is 42.5 Å². The third-order valence-corrected chi connectivity index (χ3v) is 9.29.